The van der Waals surface area contributed by atoms with Crippen LogP contribution in [0.3, 0.4) is 0 Å². The summed E-state index contributed by atoms with van der Waals surface area (Å²) in [5.74, 6) is -0.350. The molecule has 3 heteroatoms. The first kappa shape index (κ1) is 12.7. The van der Waals surface area contributed by atoms with Gasteiger partial charge in [0.05, 0.1) is 12.2 Å². The van der Waals surface area contributed by atoms with Gasteiger partial charge in [-0.2, -0.15) is 0 Å². The second-order valence-corrected chi connectivity index (χ2v) is 4.32. The van der Waals surface area contributed by atoms with Gasteiger partial charge in [0.15, 0.2) is 0 Å². The van der Waals surface area contributed by atoms with Crippen molar-refractivity contribution in [2.45, 2.75) is 32.4 Å². The van der Waals surface area contributed by atoms with Gasteiger partial charge in [-0.15, -0.1) is 0 Å². The molecule has 0 aromatic heterocycles. The molecule has 0 fully saturated rings. The zero-order valence-electron chi connectivity index (χ0n) is 9.70. The Labute approximate surface area is 95.4 Å². The molecule has 0 radical (unpaired) electrons. The number of alkyl halides is 1. The van der Waals surface area contributed by atoms with Crippen molar-refractivity contribution in [3.63, 3.8) is 0 Å². The van der Waals surface area contributed by atoms with Crippen LogP contribution in [0.4, 0.5) is 4.39 Å². The molecule has 0 spiro atoms. The van der Waals surface area contributed by atoms with E-state index in [1.54, 1.807) is 24.3 Å². The third kappa shape index (κ3) is 4.91. The molecule has 0 aliphatic heterocycles. The predicted octanol–water partition coefficient (Wildman–Crippen LogP) is 3.37. The van der Waals surface area contributed by atoms with Gasteiger partial charge in [-0.3, -0.25) is 0 Å². The van der Waals surface area contributed by atoms with E-state index in [-0.39, 0.29) is 12.6 Å². The molecular weight excluding hydrogens is 207 g/mol. The van der Waals surface area contributed by atoms with Crippen LogP contribution in [-0.2, 0) is 4.74 Å². The number of carbonyl (C=O) groups is 1. The molecule has 0 heterocycles. The van der Waals surface area contributed by atoms with Crippen LogP contribution in [0, 0.1) is 0 Å². The van der Waals surface area contributed by atoms with E-state index in [0.717, 1.165) is 0 Å². The van der Waals surface area contributed by atoms with E-state index in [1.807, 2.05) is 6.07 Å². The van der Waals surface area contributed by atoms with Crippen LogP contribution in [-0.4, -0.2) is 18.2 Å². The fraction of sp³-hybridized carbons (Fsp3) is 0.462. The minimum atomic E-state index is -1.20. The zero-order valence-corrected chi connectivity index (χ0v) is 9.70. The van der Waals surface area contributed by atoms with Crippen molar-refractivity contribution in [2.75, 3.05) is 6.61 Å². The topological polar surface area (TPSA) is 26.3 Å². The maximum Gasteiger partial charge on any atom is 0.338 e. The van der Waals surface area contributed by atoms with Crippen LogP contribution < -0.4 is 0 Å². The van der Waals surface area contributed by atoms with Crippen molar-refractivity contribution in [2.24, 2.45) is 0 Å². The van der Waals surface area contributed by atoms with Gasteiger partial charge in [-0.25, -0.2) is 9.18 Å². The monoisotopic (exact) mass is 224 g/mol. The maximum atomic E-state index is 13.1. The normalized spacial score (nSPS) is 11.2. The summed E-state index contributed by atoms with van der Waals surface area (Å²) >= 11 is 0. The summed E-state index contributed by atoms with van der Waals surface area (Å²) < 4.78 is 18.1. The Balaban J connectivity index is 2.27. The Morgan fingerprint density at radius 1 is 1.31 bits per heavy atom. The quantitative estimate of drug-likeness (QED) is 0.566. The summed E-state index contributed by atoms with van der Waals surface area (Å²) in [6.07, 6.45) is 0.942. The third-order valence-electron chi connectivity index (χ3n) is 2.16. The number of hydrogen-bond acceptors (Lipinski definition) is 2. The molecule has 0 unspecified atom stereocenters. The number of carbonyl (C=O) groups excluding carboxylic acids is 1. The molecule has 1 aromatic carbocycles. The molecule has 0 atom stereocenters. The number of hydrogen-bond donors (Lipinski definition) is 0. The van der Waals surface area contributed by atoms with E-state index in [2.05, 4.69) is 0 Å². The number of rotatable bonds is 5. The molecular formula is C13H17FO2. The first-order valence-corrected chi connectivity index (χ1v) is 5.40. The van der Waals surface area contributed by atoms with Gasteiger partial charge in [0.1, 0.15) is 5.67 Å². The zero-order chi connectivity index (χ0) is 12.0. The Hall–Kier alpha value is -1.38. The van der Waals surface area contributed by atoms with Gasteiger partial charge in [-0.05, 0) is 38.8 Å². The van der Waals surface area contributed by atoms with Gasteiger partial charge < -0.3 is 4.74 Å². The fourth-order valence-electron chi connectivity index (χ4n) is 1.31. The Kier molecular flexibility index (Phi) is 4.47. The van der Waals surface area contributed by atoms with Crippen molar-refractivity contribution >= 4 is 5.97 Å². The molecule has 0 aliphatic carbocycles. The lowest BCUT2D eigenvalue weighted by atomic mass is 10.1. The van der Waals surface area contributed by atoms with Gasteiger partial charge in [0.2, 0.25) is 0 Å². The molecule has 16 heavy (non-hydrogen) atoms. The highest BCUT2D eigenvalue weighted by Gasteiger charge is 2.15. The average Bonchev–Trinajstić information content (AvgIpc) is 2.24. The number of esters is 1. The van der Waals surface area contributed by atoms with E-state index in [9.17, 15) is 9.18 Å². The Morgan fingerprint density at radius 2 is 1.94 bits per heavy atom. The van der Waals surface area contributed by atoms with Crippen molar-refractivity contribution in [1.82, 2.24) is 0 Å². The number of halogens is 1. The molecule has 0 saturated carbocycles. The SMILES string of the molecule is CC(C)(F)CCCOC(=O)c1ccccc1. The average molecular weight is 224 g/mol. The van der Waals surface area contributed by atoms with Crippen molar-refractivity contribution in [3.05, 3.63) is 35.9 Å². The molecule has 0 aliphatic rings. The lowest BCUT2D eigenvalue weighted by Crippen LogP contribution is -2.14. The van der Waals surface area contributed by atoms with E-state index in [0.29, 0.717) is 18.4 Å². The van der Waals surface area contributed by atoms with E-state index in [1.165, 1.54) is 13.8 Å². The summed E-state index contributed by atoms with van der Waals surface area (Å²) in [6, 6.07) is 8.79. The summed E-state index contributed by atoms with van der Waals surface area (Å²) in [7, 11) is 0. The number of ether oxygens (including phenoxy) is 1. The minimum Gasteiger partial charge on any atom is -0.462 e. The Morgan fingerprint density at radius 3 is 2.50 bits per heavy atom. The predicted molar refractivity (Wildman–Crippen MR) is 61.1 cm³/mol. The van der Waals surface area contributed by atoms with Gasteiger partial charge >= 0.3 is 5.97 Å². The maximum absolute atomic E-state index is 13.1. The van der Waals surface area contributed by atoms with Gasteiger partial charge in [0.25, 0.3) is 0 Å². The summed E-state index contributed by atoms with van der Waals surface area (Å²) in [5.41, 5.74) is -0.666. The van der Waals surface area contributed by atoms with Crippen LogP contribution >= 0.6 is 0 Å². The minimum absolute atomic E-state index is 0.265. The highest BCUT2D eigenvalue weighted by molar-refractivity contribution is 5.89. The van der Waals surface area contributed by atoms with E-state index < -0.39 is 5.67 Å². The molecule has 0 amide bonds. The molecule has 1 rings (SSSR count). The smallest absolute Gasteiger partial charge is 0.338 e. The molecule has 88 valence electrons. The second-order valence-electron chi connectivity index (χ2n) is 4.32. The third-order valence-corrected chi connectivity index (χ3v) is 2.16. The second kappa shape index (κ2) is 5.64. The summed E-state index contributed by atoms with van der Waals surface area (Å²) in [4.78, 5) is 11.5. The first-order chi connectivity index (χ1) is 7.49. The summed E-state index contributed by atoms with van der Waals surface area (Å²) in [5, 5.41) is 0. The molecule has 0 bridgehead atoms. The van der Waals surface area contributed by atoms with Crippen LogP contribution in [0.5, 0.6) is 0 Å². The van der Waals surface area contributed by atoms with Crippen LogP contribution in [0.15, 0.2) is 30.3 Å². The van der Waals surface area contributed by atoms with Gasteiger partial charge in [-0.1, -0.05) is 18.2 Å². The summed E-state index contributed by atoms with van der Waals surface area (Å²) in [6.45, 7) is 3.30. The van der Waals surface area contributed by atoms with Crippen molar-refractivity contribution in [3.8, 4) is 0 Å². The lowest BCUT2D eigenvalue weighted by molar-refractivity contribution is 0.0477. The molecule has 2 nitrogen and oxygen atoms in total. The van der Waals surface area contributed by atoms with E-state index in [4.69, 9.17) is 4.74 Å². The number of benzene rings is 1. The Bertz CT molecular complexity index is 328. The highest BCUT2D eigenvalue weighted by Crippen LogP contribution is 2.15. The highest BCUT2D eigenvalue weighted by atomic mass is 19.1. The molecule has 1 aromatic rings. The van der Waals surface area contributed by atoms with Crippen molar-refractivity contribution in [1.29, 1.82) is 0 Å². The van der Waals surface area contributed by atoms with Gasteiger partial charge in [0, 0.05) is 0 Å². The van der Waals surface area contributed by atoms with Crippen molar-refractivity contribution < 1.29 is 13.9 Å². The fourth-order valence-corrected chi connectivity index (χ4v) is 1.31. The molecule has 0 saturated heterocycles. The standard InChI is InChI=1S/C13H17FO2/c1-13(2,14)9-6-10-16-12(15)11-7-4-3-5-8-11/h3-5,7-8H,6,9-10H2,1-2H3. The van der Waals surface area contributed by atoms with E-state index >= 15 is 0 Å². The van der Waals surface area contributed by atoms with Crippen LogP contribution in [0.25, 0.3) is 0 Å². The molecule has 0 N–H and O–H groups in total. The first-order valence-electron chi connectivity index (χ1n) is 5.40. The largest absolute Gasteiger partial charge is 0.462 e. The lowest BCUT2D eigenvalue weighted by Gasteiger charge is -2.13. The van der Waals surface area contributed by atoms with Crippen LogP contribution in [0.1, 0.15) is 37.0 Å². The van der Waals surface area contributed by atoms with Crippen LogP contribution in [0.2, 0.25) is 0 Å².